The van der Waals surface area contributed by atoms with E-state index in [4.69, 9.17) is 0 Å². The van der Waals surface area contributed by atoms with Crippen LogP contribution in [0.5, 0.6) is 0 Å². The summed E-state index contributed by atoms with van der Waals surface area (Å²) < 4.78 is 39.5. The molecule has 1 aliphatic heterocycles. The third-order valence-electron chi connectivity index (χ3n) is 4.47. The van der Waals surface area contributed by atoms with Gasteiger partial charge >= 0.3 is 6.18 Å². The summed E-state index contributed by atoms with van der Waals surface area (Å²) in [4.78, 5) is 16.9. The first-order valence-corrected chi connectivity index (χ1v) is 8.36. The molecule has 7 heteroatoms. The number of hydrogen-bond acceptors (Lipinski definition) is 3. The van der Waals surface area contributed by atoms with Crippen LogP contribution in [0.2, 0.25) is 0 Å². The monoisotopic (exact) mass is 363 g/mol. The lowest BCUT2D eigenvalue weighted by Gasteiger charge is -2.35. The summed E-state index contributed by atoms with van der Waals surface area (Å²) in [5, 5.41) is 2.65. The van der Waals surface area contributed by atoms with Gasteiger partial charge in [-0.3, -0.25) is 4.79 Å². The van der Waals surface area contributed by atoms with Crippen LogP contribution < -0.4 is 10.2 Å². The Morgan fingerprint density at radius 3 is 2.27 bits per heavy atom. The average molecular weight is 363 g/mol. The molecule has 0 spiro atoms. The van der Waals surface area contributed by atoms with Gasteiger partial charge in [0.1, 0.15) is 0 Å². The molecular weight excluding hydrogens is 343 g/mol. The fourth-order valence-electron chi connectivity index (χ4n) is 3.02. The minimum atomic E-state index is -4.58. The van der Waals surface area contributed by atoms with E-state index in [0.29, 0.717) is 5.69 Å². The first-order valence-electron chi connectivity index (χ1n) is 8.36. The van der Waals surface area contributed by atoms with E-state index in [-0.39, 0.29) is 5.56 Å². The largest absolute Gasteiger partial charge is 0.417 e. The molecule has 1 heterocycles. The van der Waals surface area contributed by atoms with E-state index in [0.717, 1.165) is 37.9 Å². The summed E-state index contributed by atoms with van der Waals surface area (Å²) in [5.41, 5.74) is 0.0141. The maximum Gasteiger partial charge on any atom is 0.417 e. The van der Waals surface area contributed by atoms with Crippen molar-refractivity contribution in [2.24, 2.45) is 0 Å². The van der Waals surface area contributed by atoms with Crippen LogP contribution in [-0.2, 0) is 6.18 Å². The predicted octanol–water partition coefficient (Wildman–Crippen LogP) is 3.71. The summed E-state index contributed by atoms with van der Waals surface area (Å²) >= 11 is 0. The summed E-state index contributed by atoms with van der Waals surface area (Å²) in [6, 6.07) is 12.0. The molecule has 4 nitrogen and oxygen atoms in total. The van der Waals surface area contributed by atoms with Gasteiger partial charge in [0.15, 0.2) is 0 Å². The molecule has 0 saturated carbocycles. The van der Waals surface area contributed by atoms with E-state index >= 15 is 0 Å². The number of amides is 1. The van der Waals surface area contributed by atoms with Crippen molar-refractivity contribution in [3.63, 3.8) is 0 Å². The Morgan fingerprint density at radius 2 is 1.58 bits per heavy atom. The third-order valence-corrected chi connectivity index (χ3v) is 4.47. The maximum atomic E-state index is 13.2. The highest BCUT2D eigenvalue weighted by Gasteiger charge is 2.35. The minimum absolute atomic E-state index is 0.381. The lowest BCUT2D eigenvalue weighted by Crippen LogP contribution is -2.44. The molecule has 0 radical (unpaired) electrons. The molecule has 0 unspecified atom stereocenters. The molecule has 1 aliphatic rings. The quantitative estimate of drug-likeness (QED) is 0.903. The Balaban J connectivity index is 1.85. The van der Waals surface area contributed by atoms with Gasteiger partial charge in [-0.25, -0.2) is 0 Å². The van der Waals surface area contributed by atoms with Crippen LogP contribution in [0.25, 0.3) is 0 Å². The molecule has 1 saturated heterocycles. The van der Waals surface area contributed by atoms with Gasteiger partial charge in [-0.1, -0.05) is 24.3 Å². The van der Waals surface area contributed by atoms with Crippen molar-refractivity contribution >= 4 is 17.3 Å². The second-order valence-corrected chi connectivity index (χ2v) is 6.30. The zero-order valence-electron chi connectivity index (χ0n) is 14.4. The Bertz CT molecular complexity index is 784. The number of halogens is 3. The lowest BCUT2D eigenvalue weighted by atomic mass is 10.1. The van der Waals surface area contributed by atoms with Gasteiger partial charge in [0.05, 0.1) is 22.5 Å². The molecule has 2 aromatic rings. The number of anilines is 2. The molecule has 2 aromatic carbocycles. The highest BCUT2D eigenvalue weighted by Crippen LogP contribution is 2.33. The first-order chi connectivity index (χ1) is 12.4. The van der Waals surface area contributed by atoms with Crippen molar-refractivity contribution in [3.8, 4) is 0 Å². The van der Waals surface area contributed by atoms with Crippen molar-refractivity contribution in [1.82, 2.24) is 4.90 Å². The van der Waals surface area contributed by atoms with Crippen LogP contribution in [0, 0.1) is 0 Å². The third kappa shape index (κ3) is 3.99. The predicted molar refractivity (Wildman–Crippen MR) is 95.5 cm³/mol. The van der Waals surface area contributed by atoms with Gasteiger partial charge < -0.3 is 15.1 Å². The number of carbonyl (C=O) groups is 1. The Kier molecular flexibility index (Phi) is 5.18. The number of carbonyl (C=O) groups excluding carboxylic acids is 1. The van der Waals surface area contributed by atoms with Crippen molar-refractivity contribution in [3.05, 3.63) is 59.7 Å². The van der Waals surface area contributed by atoms with Crippen LogP contribution in [0.15, 0.2) is 48.5 Å². The van der Waals surface area contributed by atoms with Gasteiger partial charge in [-0.2, -0.15) is 13.2 Å². The number of rotatable bonds is 3. The molecule has 0 aliphatic carbocycles. The number of para-hydroxylation sites is 2. The average Bonchev–Trinajstić information content (AvgIpc) is 2.62. The maximum absolute atomic E-state index is 13.2. The molecule has 3 rings (SSSR count). The molecule has 26 heavy (non-hydrogen) atoms. The van der Waals surface area contributed by atoms with Crippen molar-refractivity contribution < 1.29 is 18.0 Å². The fraction of sp³-hybridized carbons (Fsp3) is 0.316. The van der Waals surface area contributed by atoms with E-state index in [1.54, 1.807) is 12.1 Å². The zero-order chi connectivity index (χ0) is 18.7. The van der Waals surface area contributed by atoms with Crippen molar-refractivity contribution in [1.29, 1.82) is 0 Å². The standard InChI is InChI=1S/C19H20F3N3O/c1-24-10-12-25(13-11-24)17-9-5-4-8-16(17)23-18(26)14-6-2-3-7-15(14)19(20,21)22/h2-9H,10-13H2,1H3,(H,23,26). The Labute approximate surface area is 150 Å². The zero-order valence-corrected chi connectivity index (χ0v) is 14.4. The van der Waals surface area contributed by atoms with Crippen molar-refractivity contribution in [2.75, 3.05) is 43.4 Å². The summed E-state index contributed by atoms with van der Waals surface area (Å²) in [6.07, 6.45) is -4.58. The number of nitrogens with zero attached hydrogens (tertiary/aromatic N) is 2. The number of nitrogens with one attached hydrogen (secondary N) is 1. The Hall–Kier alpha value is -2.54. The van der Waals surface area contributed by atoms with E-state index in [1.165, 1.54) is 18.2 Å². The van der Waals surface area contributed by atoms with E-state index in [2.05, 4.69) is 15.1 Å². The summed E-state index contributed by atoms with van der Waals surface area (Å²) in [7, 11) is 2.04. The van der Waals surface area contributed by atoms with E-state index in [9.17, 15) is 18.0 Å². The summed E-state index contributed by atoms with van der Waals surface area (Å²) in [5.74, 6) is -0.764. The second kappa shape index (κ2) is 7.37. The second-order valence-electron chi connectivity index (χ2n) is 6.30. The molecule has 138 valence electrons. The molecule has 0 bridgehead atoms. The molecular formula is C19H20F3N3O. The smallest absolute Gasteiger partial charge is 0.367 e. The lowest BCUT2D eigenvalue weighted by molar-refractivity contribution is -0.137. The normalized spacial score (nSPS) is 15.8. The van der Waals surface area contributed by atoms with Crippen LogP contribution >= 0.6 is 0 Å². The highest BCUT2D eigenvalue weighted by molar-refractivity contribution is 6.07. The molecule has 1 amide bonds. The summed E-state index contributed by atoms with van der Waals surface area (Å²) in [6.45, 7) is 3.36. The molecule has 1 fully saturated rings. The number of hydrogen-bond donors (Lipinski definition) is 1. The van der Waals surface area contributed by atoms with Crippen molar-refractivity contribution in [2.45, 2.75) is 6.18 Å². The highest BCUT2D eigenvalue weighted by atomic mass is 19.4. The molecule has 0 aromatic heterocycles. The van der Waals surface area contributed by atoms with Crippen LogP contribution in [0.3, 0.4) is 0 Å². The number of piperazine rings is 1. The van der Waals surface area contributed by atoms with Gasteiger partial charge in [-0.15, -0.1) is 0 Å². The fourth-order valence-corrected chi connectivity index (χ4v) is 3.02. The van der Waals surface area contributed by atoms with Gasteiger partial charge in [0, 0.05) is 26.2 Å². The number of likely N-dealkylation sites (N-methyl/N-ethyl adjacent to an activating group) is 1. The number of benzene rings is 2. The van der Waals surface area contributed by atoms with Gasteiger partial charge in [0.25, 0.3) is 5.91 Å². The molecule has 0 atom stereocenters. The van der Waals surface area contributed by atoms with E-state index < -0.39 is 17.6 Å². The van der Waals surface area contributed by atoms with Crippen LogP contribution in [-0.4, -0.2) is 44.0 Å². The van der Waals surface area contributed by atoms with Crippen LogP contribution in [0.4, 0.5) is 24.5 Å². The number of alkyl halides is 3. The van der Waals surface area contributed by atoms with Gasteiger partial charge in [-0.05, 0) is 31.3 Å². The SMILES string of the molecule is CN1CCN(c2ccccc2NC(=O)c2ccccc2C(F)(F)F)CC1. The van der Waals surface area contributed by atoms with E-state index in [1.807, 2.05) is 19.2 Å². The minimum Gasteiger partial charge on any atom is -0.367 e. The van der Waals surface area contributed by atoms with Crippen LogP contribution in [0.1, 0.15) is 15.9 Å². The van der Waals surface area contributed by atoms with Gasteiger partial charge in [0.2, 0.25) is 0 Å². The first kappa shape index (κ1) is 18.3. The topological polar surface area (TPSA) is 35.6 Å². The molecule has 1 N–H and O–H groups in total. The Morgan fingerprint density at radius 1 is 0.962 bits per heavy atom.